The Balaban J connectivity index is 1.41. The molecule has 3 aromatic rings. The zero-order chi connectivity index (χ0) is 25.4. The maximum atomic E-state index is 13.9. The number of hydrogen-bond acceptors (Lipinski definition) is 4. The van der Waals surface area contributed by atoms with Gasteiger partial charge in [0.05, 0.1) is 25.7 Å². The SMILES string of the molecule is COC(=O)C[C@@H]1COc2cc(O[C@@H]3CCc4c3ccc(C(F)(F)F)c4Cc3cccc(F)c3)ccc21. The van der Waals surface area contributed by atoms with Gasteiger partial charge in [0.25, 0.3) is 0 Å². The van der Waals surface area contributed by atoms with Crippen molar-refractivity contribution in [1.29, 1.82) is 0 Å². The summed E-state index contributed by atoms with van der Waals surface area (Å²) < 4.78 is 72.0. The molecule has 1 aliphatic heterocycles. The standard InChI is InChI=1S/C28H24F4O4/c1-34-27(33)13-17-15-35-26-14-19(5-6-20(17)26)36-25-10-8-21-22(25)7-9-24(28(30,31)32)23(21)12-16-3-2-4-18(29)11-16/h2-7,9,11,14,17,25H,8,10,12-13,15H2,1H3/t17-,25-/m1/s1. The van der Waals surface area contributed by atoms with Crippen LogP contribution in [0.15, 0.2) is 54.6 Å². The van der Waals surface area contributed by atoms with Crippen LogP contribution >= 0.6 is 0 Å². The minimum absolute atomic E-state index is 0.0171. The quantitative estimate of drug-likeness (QED) is 0.285. The third-order valence-corrected chi connectivity index (χ3v) is 6.83. The van der Waals surface area contributed by atoms with E-state index in [9.17, 15) is 22.4 Å². The van der Waals surface area contributed by atoms with Crippen LogP contribution in [-0.2, 0) is 28.5 Å². The van der Waals surface area contributed by atoms with Crippen LogP contribution in [0.4, 0.5) is 17.6 Å². The van der Waals surface area contributed by atoms with E-state index in [-0.39, 0.29) is 30.3 Å². The molecule has 4 nitrogen and oxygen atoms in total. The van der Waals surface area contributed by atoms with E-state index in [1.54, 1.807) is 18.2 Å². The van der Waals surface area contributed by atoms with E-state index >= 15 is 0 Å². The van der Waals surface area contributed by atoms with Crippen molar-refractivity contribution in [1.82, 2.24) is 0 Å². The van der Waals surface area contributed by atoms with Gasteiger partial charge in [-0.05, 0) is 65.8 Å². The van der Waals surface area contributed by atoms with Crippen LogP contribution in [0.25, 0.3) is 0 Å². The monoisotopic (exact) mass is 500 g/mol. The Kier molecular flexibility index (Phi) is 6.36. The lowest BCUT2D eigenvalue weighted by Crippen LogP contribution is -2.13. The summed E-state index contributed by atoms with van der Waals surface area (Å²) in [6.07, 6.45) is -3.79. The number of carbonyl (C=O) groups is 1. The second-order valence-electron chi connectivity index (χ2n) is 9.10. The van der Waals surface area contributed by atoms with Crippen molar-refractivity contribution in [2.45, 2.75) is 43.9 Å². The molecular weight excluding hydrogens is 476 g/mol. The van der Waals surface area contributed by atoms with E-state index < -0.39 is 23.7 Å². The molecule has 2 aliphatic rings. The summed E-state index contributed by atoms with van der Waals surface area (Å²) >= 11 is 0. The molecule has 0 bridgehead atoms. The number of alkyl halides is 3. The molecule has 0 radical (unpaired) electrons. The van der Waals surface area contributed by atoms with E-state index in [0.717, 1.165) is 11.6 Å². The minimum Gasteiger partial charge on any atom is -0.492 e. The summed E-state index contributed by atoms with van der Waals surface area (Å²) in [5, 5.41) is 0. The Bertz CT molecular complexity index is 1300. The normalized spacial score (nSPS) is 18.4. The van der Waals surface area contributed by atoms with Crippen molar-refractivity contribution >= 4 is 5.97 Å². The molecule has 188 valence electrons. The van der Waals surface area contributed by atoms with Crippen molar-refractivity contribution < 1.29 is 36.6 Å². The van der Waals surface area contributed by atoms with Gasteiger partial charge in [-0.2, -0.15) is 13.2 Å². The summed E-state index contributed by atoms with van der Waals surface area (Å²) in [4.78, 5) is 11.6. The molecule has 0 saturated carbocycles. The third kappa shape index (κ3) is 4.76. The largest absolute Gasteiger partial charge is 0.492 e. The fourth-order valence-electron chi connectivity index (χ4n) is 5.13. The average molecular weight is 500 g/mol. The van der Waals surface area contributed by atoms with Gasteiger partial charge in [-0.25, -0.2) is 4.39 Å². The van der Waals surface area contributed by atoms with E-state index in [1.807, 2.05) is 6.07 Å². The molecule has 8 heteroatoms. The molecule has 0 fully saturated rings. The number of hydrogen-bond donors (Lipinski definition) is 0. The molecule has 0 spiro atoms. The second kappa shape index (κ2) is 9.48. The Morgan fingerprint density at radius 2 is 1.89 bits per heavy atom. The highest BCUT2D eigenvalue weighted by atomic mass is 19.4. The molecule has 1 aliphatic carbocycles. The van der Waals surface area contributed by atoms with E-state index in [4.69, 9.17) is 14.2 Å². The van der Waals surface area contributed by atoms with E-state index in [1.165, 1.54) is 31.4 Å². The van der Waals surface area contributed by atoms with Gasteiger partial charge in [0.1, 0.15) is 23.4 Å². The number of halogens is 4. The lowest BCUT2D eigenvalue weighted by molar-refractivity contribution is -0.141. The molecule has 3 aromatic carbocycles. The zero-order valence-corrected chi connectivity index (χ0v) is 19.5. The average Bonchev–Trinajstić information content (AvgIpc) is 3.42. The second-order valence-corrected chi connectivity index (χ2v) is 9.10. The van der Waals surface area contributed by atoms with Crippen LogP contribution in [0.3, 0.4) is 0 Å². The Morgan fingerprint density at radius 3 is 2.64 bits per heavy atom. The van der Waals surface area contributed by atoms with Crippen LogP contribution in [0, 0.1) is 5.82 Å². The van der Waals surface area contributed by atoms with Crippen molar-refractivity contribution in [2.75, 3.05) is 13.7 Å². The topological polar surface area (TPSA) is 44.8 Å². The Morgan fingerprint density at radius 1 is 1.08 bits per heavy atom. The van der Waals surface area contributed by atoms with Gasteiger partial charge in [0, 0.05) is 17.5 Å². The van der Waals surface area contributed by atoms with Gasteiger partial charge in [-0.1, -0.05) is 24.3 Å². The molecule has 0 saturated heterocycles. The van der Waals surface area contributed by atoms with Crippen LogP contribution in [0.2, 0.25) is 0 Å². The fraction of sp³-hybridized carbons (Fsp3) is 0.321. The van der Waals surface area contributed by atoms with Crippen LogP contribution < -0.4 is 9.47 Å². The van der Waals surface area contributed by atoms with Crippen molar-refractivity contribution in [3.63, 3.8) is 0 Å². The summed E-state index contributed by atoms with van der Waals surface area (Å²) in [7, 11) is 1.34. The molecule has 0 N–H and O–H groups in total. The Labute approximate surface area is 205 Å². The summed E-state index contributed by atoms with van der Waals surface area (Å²) in [5.41, 5.74) is 2.16. The maximum absolute atomic E-state index is 13.9. The lowest BCUT2D eigenvalue weighted by atomic mass is 9.92. The Hall–Kier alpha value is -3.55. The smallest absolute Gasteiger partial charge is 0.416 e. The van der Waals surface area contributed by atoms with Gasteiger partial charge >= 0.3 is 12.1 Å². The highest BCUT2D eigenvalue weighted by Crippen LogP contribution is 2.44. The molecule has 0 aromatic heterocycles. The molecular formula is C28H24F4O4. The predicted octanol–water partition coefficient (Wildman–Crippen LogP) is 6.54. The van der Waals surface area contributed by atoms with Gasteiger partial charge in [-0.15, -0.1) is 0 Å². The van der Waals surface area contributed by atoms with E-state index in [0.29, 0.717) is 47.6 Å². The van der Waals surface area contributed by atoms with Crippen molar-refractivity contribution in [3.05, 3.63) is 93.8 Å². The number of carbonyl (C=O) groups excluding carboxylic acids is 1. The first-order valence-electron chi connectivity index (χ1n) is 11.7. The summed E-state index contributed by atoms with van der Waals surface area (Å²) in [6, 6.07) is 13.6. The van der Waals surface area contributed by atoms with Gasteiger partial charge in [0.2, 0.25) is 0 Å². The molecule has 36 heavy (non-hydrogen) atoms. The molecule has 0 amide bonds. The van der Waals surface area contributed by atoms with Crippen molar-refractivity contribution in [2.24, 2.45) is 0 Å². The van der Waals surface area contributed by atoms with Gasteiger partial charge in [0.15, 0.2) is 0 Å². The highest BCUT2D eigenvalue weighted by Gasteiger charge is 2.37. The number of methoxy groups -OCH3 is 1. The number of fused-ring (bicyclic) bond motifs is 2. The lowest BCUT2D eigenvalue weighted by Gasteiger charge is -2.20. The zero-order valence-electron chi connectivity index (χ0n) is 19.5. The van der Waals surface area contributed by atoms with Gasteiger partial charge < -0.3 is 14.2 Å². The molecule has 2 atom stereocenters. The summed E-state index contributed by atoms with van der Waals surface area (Å²) in [5.74, 6) is 0.268. The van der Waals surface area contributed by atoms with Gasteiger partial charge in [-0.3, -0.25) is 4.79 Å². The first-order chi connectivity index (χ1) is 17.2. The molecule has 1 heterocycles. The summed E-state index contributed by atoms with van der Waals surface area (Å²) in [6.45, 7) is 0.365. The fourth-order valence-corrected chi connectivity index (χ4v) is 5.13. The molecule has 5 rings (SSSR count). The first-order valence-corrected chi connectivity index (χ1v) is 11.7. The van der Waals surface area contributed by atoms with Crippen LogP contribution in [0.1, 0.15) is 58.2 Å². The number of benzene rings is 3. The first kappa shape index (κ1) is 24.2. The predicted molar refractivity (Wildman–Crippen MR) is 124 cm³/mol. The maximum Gasteiger partial charge on any atom is 0.416 e. The van der Waals surface area contributed by atoms with Crippen molar-refractivity contribution in [3.8, 4) is 11.5 Å². The van der Waals surface area contributed by atoms with Crippen LogP contribution in [0.5, 0.6) is 11.5 Å². The number of ether oxygens (including phenoxy) is 3. The third-order valence-electron chi connectivity index (χ3n) is 6.83. The number of esters is 1. The molecule has 0 unspecified atom stereocenters. The highest BCUT2D eigenvalue weighted by molar-refractivity contribution is 5.71. The van der Waals surface area contributed by atoms with Crippen LogP contribution in [-0.4, -0.2) is 19.7 Å². The minimum atomic E-state index is -4.52. The van der Waals surface area contributed by atoms with E-state index in [2.05, 4.69) is 0 Å². The number of rotatable bonds is 6.